The van der Waals surface area contributed by atoms with Gasteiger partial charge in [-0.1, -0.05) is 18.5 Å². The van der Waals surface area contributed by atoms with Gasteiger partial charge in [-0.3, -0.25) is 9.48 Å². The van der Waals surface area contributed by atoms with Gasteiger partial charge in [-0.25, -0.2) is 0 Å². The monoisotopic (exact) mass is 247 g/mol. The van der Waals surface area contributed by atoms with Crippen LogP contribution < -0.4 is 5.32 Å². The summed E-state index contributed by atoms with van der Waals surface area (Å²) in [6, 6.07) is -0.294. The number of carbonyl (C=O) groups is 1. The van der Waals surface area contributed by atoms with Crippen LogP contribution in [-0.2, 0) is 4.79 Å². The molecule has 6 heteroatoms. The van der Waals surface area contributed by atoms with Crippen molar-refractivity contribution < 1.29 is 4.79 Å². The maximum atomic E-state index is 11.7. The van der Waals surface area contributed by atoms with E-state index >= 15 is 0 Å². The molecule has 0 aliphatic carbocycles. The molecule has 0 aliphatic heterocycles. The summed E-state index contributed by atoms with van der Waals surface area (Å²) >= 11 is 9.77. The van der Waals surface area contributed by atoms with Gasteiger partial charge in [0.15, 0.2) is 0 Å². The third-order valence-corrected chi connectivity index (χ3v) is 2.41. The number of thiol groups is 1. The van der Waals surface area contributed by atoms with Crippen LogP contribution in [0.3, 0.4) is 0 Å². The maximum Gasteiger partial charge on any atom is 0.244 e. The van der Waals surface area contributed by atoms with Crippen molar-refractivity contribution in [3.8, 4) is 0 Å². The molecule has 4 nitrogen and oxygen atoms in total. The lowest BCUT2D eigenvalue weighted by molar-refractivity contribution is -0.124. The second-order valence-electron chi connectivity index (χ2n) is 3.08. The molecule has 1 amide bonds. The molecule has 0 fully saturated rings. The quantitative estimate of drug-likeness (QED) is 0.776. The highest BCUT2D eigenvalue weighted by Crippen LogP contribution is 2.14. The molecule has 0 spiro atoms. The molecular weight excluding hydrogens is 234 g/mol. The number of halogens is 1. The van der Waals surface area contributed by atoms with Crippen LogP contribution in [0.25, 0.3) is 0 Å². The van der Waals surface area contributed by atoms with E-state index in [4.69, 9.17) is 11.6 Å². The predicted octanol–water partition coefficient (Wildman–Crippen LogP) is 1.53. The SMILES string of the molecule is CCC(C(=O)NCCS)n1cc(Cl)cn1. The first-order valence-corrected chi connectivity index (χ1v) is 5.78. The van der Waals surface area contributed by atoms with Crippen LogP contribution in [0.2, 0.25) is 5.02 Å². The highest BCUT2D eigenvalue weighted by molar-refractivity contribution is 7.80. The van der Waals surface area contributed by atoms with Crippen molar-refractivity contribution in [2.75, 3.05) is 12.3 Å². The van der Waals surface area contributed by atoms with E-state index in [-0.39, 0.29) is 11.9 Å². The molecule has 0 bridgehead atoms. The van der Waals surface area contributed by atoms with E-state index in [0.717, 1.165) is 0 Å². The van der Waals surface area contributed by atoms with Gasteiger partial charge in [0.05, 0.1) is 11.2 Å². The molecule has 1 unspecified atom stereocenters. The first-order chi connectivity index (χ1) is 7.19. The van der Waals surface area contributed by atoms with E-state index in [9.17, 15) is 4.79 Å². The first kappa shape index (κ1) is 12.4. The Kier molecular flexibility index (Phi) is 4.98. The molecule has 1 rings (SSSR count). The second-order valence-corrected chi connectivity index (χ2v) is 3.96. The molecule has 0 aliphatic rings. The fraction of sp³-hybridized carbons (Fsp3) is 0.556. The second kappa shape index (κ2) is 6.02. The zero-order chi connectivity index (χ0) is 11.3. The molecule has 0 saturated heterocycles. The number of hydrogen-bond donors (Lipinski definition) is 2. The molecule has 1 aromatic heterocycles. The van der Waals surface area contributed by atoms with Crippen molar-refractivity contribution in [2.45, 2.75) is 19.4 Å². The average molecular weight is 248 g/mol. The number of carbonyl (C=O) groups excluding carboxylic acids is 1. The van der Waals surface area contributed by atoms with Crippen molar-refractivity contribution in [2.24, 2.45) is 0 Å². The zero-order valence-corrected chi connectivity index (χ0v) is 10.1. The minimum atomic E-state index is -0.294. The Morgan fingerprint density at radius 3 is 3.00 bits per heavy atom. The lowest BCUT2D eigenvalue weighted by Gasteiger charge is -2.14. The van der Waals surface area contributed by atoms with Crippen LogP contribution in [0.4, 0.5) is 0 Å². The van der Waals surface area contributed by atoms with Crippen molar-refractivity contribution in [1.82, 2.24) is 15.1 Å². The smallest absolute Gasteiger partial charge is 0.244 e. The van der Waals surface area contributed by atoms with E-state index in [1.165, 1.54) is 6.20 Å². The Bertz CT molecular complexity index is 329. The number of nitrogens with one attached hydrogen (secondary N) is 1. The van der Waals surface area contributed by atoms with Crippen molar-refractivity contribution >= 4 is 30.1 Å². The summed E-state index contributed by atoms with van der Waals surface area (Å²) in [7, 11) is 0. The van der Waals surface area contributed by atoms with Crippen LogP contribution >= 0.6 is 24.2 Å². The Morgan fingerprint density at radius 2 is 2.53 bits per heavy atom. The molecule has 0 radical (unpaired) electrons. The number of amides is 1. The number of rotatable bonds is 5. The van der Waals surface area contributed by atoms with Gasteiger partial charge in [0.2, 0.25) is 5.91 Å². The average Bonchev–Trinajstić information content (AvgIpc) is 2.63. The van der Waals surface area contributed by atoms with Gasteiger partial charge in [-0.05, 0) is 6.42 Å². The summed E-state index contributed by atoms with van der Waals surface area (Å²) in [5.41, 5.74) is 0. The lowest BCUT2D eigenvalue weighted by atomic mass is 10.2. The van der Waals surface area contributed by atoms with E-state index in [1.54, 1.807) is 10.9 Å². The highest BCUT2D eigenvalue weighted by atomic mass is 35.5. The van der Waals surface area contributed by atoms with Crippen molar-refractivity contribution in [1.29, 1.82) is 0 Å². The largest absolute Gasteiger partial charge is 0.353 e. The van der Waals surface area contributed by atoms with E-state index in [1.807, 2.05) is 6.92 Å². The van der Waals surface area contributed by atoms with E-state index in [0.29, 0.717) is 23.7 Å². The van der Waals surface area contributed by atoms with Crippen LogP contribution in [0.15, 0.2) is 12.4 Å². The minimum absolute atomic E-state index is 0.0497. The summed E-state index contributed by atoms with van der Waals surface area (Å²) in [5.74, 6) is 0.577. The van der Waals surface area contributed by atoms with Crippen LogP contribution in [0, 0.1) is 0 Å². The number of aromatic nitrogens is 2. The number of nitrogens with zero attached hydrogens (tertiary/aromatic N) is 2. The molecule has 84 valence electrons. The topological polar surface area (TPSA) is 46.9 Å². The van der Waals surface area contributed by atoms with Gasteiger partial charge < -0.3 is 5.32 Å². The molecule has 0 saturated carbocycles. The standard InChI is InChI=1S/C9H14ClN3OS/c1-2-8(9(14)11-3-4-15)13-6-7(10)5-12-13/h5-6,8,15H,2-4H2,1H3,(H,11,14). The molecule has 1 heterocycles. The molecule has 1 atom stereocenters. The van der Waals surface area contributed by atoms with Gasteiger partial charge in [-0.2, -0.15) is 17.7 Å². The Labute approximate surface area is 99.4 Å². The molecule has 1 N–H and O–H groups in total. The summed E-state index contributed by atoms with van der Waals surface area (Å²) in [5, 5.41) is 7.33. The van der Waals surface area contributed by atoms with Gasteiger partial charge in [0.25, 0.3) is 0 Å². The Hall–Kier alpha value is -0.680. The van der Waals surface area contributed by atoms with Crippen LogP contribution in [0.5, 0.6) is 0 Å². The molecular formula is C9H14ClN3OS. The summed E-state index contributed by atoms with van der Waals surface area (Å²) in [4.78, 5) is 11.7. The Morgan fingerprint density at radius 1 is 1.80 bits per heavy atom. The number of hydrogen-bond acceptors (Lipinski definition) is 3. The highest BCUT2D eigenvalue weighted by Gasteiger charge is 2.18. The normalized spacial score (nSPS) is 12.5. The van der Waals surface area contributed by atoms with Gasteiger partial charge >= 0.3 is 0 Å². The van der Waals surface area contributed by atoms with Crippen LogP contribution in [-0.4, -0.2) is 28.0 Å². The zero-order valence-electron chi connectivity index (χ0n) is 8.48. The van der Waals surface area contributed by atoms with E-state index < -0.39 is 0 Å². The fourth-order valence-corrected chi connectivity index (χ4v) is 1.53. The van der Waals surface area contributed by atoms with Crippen molar-refractivity contribution in [3.05, 3.63) is 17.4 Å². The summed E-state index contributed by atoms with van der Waals surface area (Å²) in [6.45, 7) is 2.49. The molecule has 0 aromatic carbocycles. The lowest BCUT2D eigenvalue weighted by Crippen LogP contribution is -2.33. The third-order valence-electron chi connectivity index (χ3n) is 1.99. The van der Waals surface area contributed by atoms with Gasteiger partial charge in [0, 0.05) is 18.5 Å². The maximum absolute atomic E-state index is 11.7. The van der Waals surface area contributed by atoms with Crippen molar-refractivity contribution in [3.63, 3.8) is 0 Å². The van der Waals surface area contributed by atoms with Crippen LogP contribution in [0.1, 0.15) is 19.4 Å². The predicted molar refractivity (Wildman–Crippen MR) is 63.4 cm³/mol. The van der Waals surface area contributed by atoms with Gasteiger partial charge in [0.1, 0.15) is 6.04 Å². The third kappa shape index (κ3) is 3.43. The van der Waals surface area contributed by atoms with Gasteiger partial charge in [-0.15, -0.1) is 0 Å². The summed E-state index contributed by atoms with van der Waals surface area (Å²) < 4.78 is 1.58. The Balaban J connectivity index is 2.66. The van der Waals surface area contributed by atoms with E-state index in [2.05, 4.69) is 23.0 Å². The molecule has 15 heavy (non-hydrogen) atoms. The first-order valence-electron chi connectivity index (χ1n) is 4.77. The summed E-state index contributed by atoms with van der Waals surface area (Å²) in [6.07, 6.45) is 3.85. The fourth-order valence-electron chi connectivity index (χ4n) is 1.27. The molecule has 1 aromatic rings. The minimum Gasteiger partial charge on any atom is -0.353 e.